The summed E-state index contributed by atoms with van der Waals surface area (Å²) in [6, 6.07) is 3.88. The predicted octanol–water partition coefficient (Wildman–Crippen LogP) is 2.77. The number of rotatable bonds is 4. The number of aromatic nitrogens is 4. The van der Waals surface area contributed by atoms with Crippen molar-refractivity contribution in [1.82, 2.24) is 20.0 Å². The van der Waals surface area contributed by atoms with E-state index in [0.29, 0.717) is 0 Å². The molecule has 0 saturated carbocycles. The van der Waals surface area contributed by atoms with Crippen molar-refractivity contribution in [2.45, 2.75) is 26.2 Å². The number of hydrogen-bond donors (Lipinski definition) is 0. The van der Waals surface area contributed by atoms with Crippen molar-refractivity contribution in [3.05, 3.63) is 34.8 Å². The minimum absolute atomic E-state index is 0.825. The van der Waals surface area contributed by atoms with Crippen LogP contribution in [-0.4, -0.2) is 20.0 Å². The van der Waals surface area contributed by atoms with Crippen LogP contribution < -0.4 is 0 Å². The molecular formula is C11H13BrN4. The van der Waals surface area contributed by atoms with Crippen molar-refractivity contribution in [1.29, 1.82) is 0 Å². The quantitative estimate of drug-likeness (QED) is 0.809. The molecule has 4 nitrogen and oxygen atoms in total. The van der Waals surface area contributed by atoms with Gasteiger partial charge in [0.15, 0.2) is 0 Å². The summed E-state index contributed by atoms with van der Waals surface area (Å²) < 4.78 is 2.67. The molecule has 0 unspecified atom stereocenters. The molecule has 0 saturated heterocycles. The highest BCUT2D eigenvalue weighted by atomic mass is 79.9. The minimum atomic E-state index is 0.825. The number of halogens is 1. The average Bonchev–Trinajstić information content (AvgIpc) is 2.75. The van der Waals surface area contributed by atoms with Gasteiger partial charge in [0.1, 0.15) is 4.60 Å². The van der Waals surface area contributed by atoms with E-state index in [9.17, 15) is 0 Å². The largest absolute Gasteiger partial charge is 0.247 e. The van der Waals surface area contributed by atoms with Crippen LogP contribution in [0.15, 0.2) is 29.1 Å². The van der Waals surface area contributed by atoms with Crippen LogP contribution in [0.3, 0.4) is 0 Å². The van der Waals surface area contributed by atoms with Crippen molar-refractivity contribution in [2.75, 3.05) is 0 Å². The maximum Gasteiger partial charge on any atom is 0.106 e. The molecular weight excluding hydrogens is 268 g/mol. The average molecular weight is 281 g/mol. The van der Waals surface area contributed by atoms with Crippen LogP contribution in [0.1, 0.15) is 25.5 Å². The third-order valence-electron chi connectivity index (χ3n) is 2.36. The summed E-state index contributed by atoms with van der Waals surface area (Å²) in [5.74, 6) is 0. The molecule has 0 amide bonds. The van der Waals surface area contributed by atoms with E-state index in [4.69, 9.17) is 0 Å². The van der Waals surface area contributed by atoms with Gasteiger partial charge in [0.2, 0.25) is 0 Å². The molecule has 0 aromatic carbocycles. The van der Waals surface area contributed by atoms with Gasteiger partial charge in [-0.2, -0.15) is 0 Å². The van der Waals surface area contributed by atoms with Crippen LogP contribution in [0.4, 0.5) is 0 Å². The van der Waals surface area contributed by atoms with Crippen molar-refractivity contribution in [3.8, 4) is 5.69 Å². The summed E-state index contributed by atoms with van der Waals surface area (Å²) in [7, 11) is 0. The fourth-order valence-corrected chi connectivity index (χ4v) is 1.73. The summed E-state index contributed by atoms with van der Waals surface area (Å²) >= 11 is 3.31. The highest BCUT2D eigenvalue weighted by Gasteiger charge is 2.05. The number of aryl methyl sites for hydroxylation is 1. The third kappa shape index (κ3) is 2.47. The van der Waals surface area contributed by atoms with E-state index in [2.05, 4.69) is 38.1 Å². The van der Waals surface area contributed by atoms with E-state index < -0.39 is 0 Å². The second-order valence-electron chi connectivity index (χ2n) is 3.58. The standard InChI is InChI=1S/C11H13BrN4/c1-2-3-4-9-8-14-15-16(9)10-5-6-11(12)13-7-10/h5-8H,2-4H2,1H3. The van der Waals surface area contributed by atoms with E-state index in [1.165, 1.54) is 6.42 Å². The Morgan fingerprint density at radius 1 is 1.31 bits per heavy atom. The maximum absolute atomic E-state index is 4.18. The Morgan fingerprint density at radius 2 is 2.19 bits per heavy atom. The van der Waals surface area contributed by atoms with E-state index in [-0.39, 0.29) is 0 Å². The summed E-state index contributed by atoms with van der Waals surface area (Å²) in [4.78, 5) is 4.18. The third-order valence-corrected chi connectivity index (χ3v) is 2.83. The minimum Gasteiger partial charge on any atom is -0.247 e. The molecule has 0 atom stereocenters. The second-order valence-corrected chi connectivity index (χ2v) is 4.39. The smallest absolute Gasteiger partial charge is 0.106 e. The fraction of sp³-hybridized carbons (Fsp3) is 0.364. The molecule has 0 aliphatic heterocycles. The molecule has 0 aliphatic carbocycles. The van der Waals surface area contributed by atoms with Gasteiger partial charge in [-0.05, 0) is 40.9 Å². The van der Waals surface area contributed by atoms with Crippen LogP contribution in [0.5, 0.6) is 0 Å². The normalized spacial score (nSPS) is 10.6. The Labute approximate surface area is 103 Å². The first-order valence-electron chi connectivity index (χ1n) is 5.32. The molecule has 0 N–H and O–H groups in total. The van der Waals surface area contributed by atoms with Gasteiger partial charge in [-0.1, -0.05) is 18.6 Å². The zero-order chi connectivity index (χ0) is 11.4. The zero-order valence-corrected chi connectivity index (χ0v) is 10.7. The Kier molecular flexibility index (Phi) is 3.66. The van der Waals surface area contributed by atoms with Crippen molar-refractivity contribution >= 4 is 15.9 Å². The van der Waals surface area contributed by atoms with Gasteiger partial charge < -0.3 is 0 Å². The van der Waals surface area contributed by atoms with Gasteiger partial charge in [-0.25, -0.2) is 9.67 Å². The fourth-order valence-electron chi connectivity index (χ4n) is 1.50. The molecule has 0 aliphatic rings. The van der Waals surface area contributed by atoms with E-state index in [1.807, 2.05) is 23.0 Å². The molecule has 2 aromatic rings. The van der Waals surface area contributed by atoms with Gasteiger partial charge in [0.05, 0.1) is 23.8 Å². The molecule has 0 bridgehead atoms. The highest BCUT2D eigenvalue weighted by molar-refractivity contribution is 9.10. The van der Waals surface area contributed by atoms with Gasteiger partial charge in [-0.15, -0.1) is 5.10 Å². The van der Waals surface area contributed by atoms with Crippen molar-refractivity contribution in [2.24, 2.45) is 0 Å². The monoisotopic (exact) mass is 280 g/mol. The molecule has 2 rings (SSSR count). The van der Waals surface area contributed by atoms with Crippen LogP contribution in [0, 0.1) is 0 Å². The van der Waals surface area contributed by atoms with Crippen molar-refractivity contribution < 1.29 is 0 Å². The molecule has 2 heterocycles. The highest BCUT2D eigenvalue weighted by Crippen LogP contribution is 2.13. The van der Waals surface area contributed by atoms with Crippen LogP contribution >= 0.6 is 15.9 Å². The number of nitrogens with zero attached hydrogens (tertiary/aromatic N) is 4. The molecule has 0 radical (unpaired) electrons. The molecule has 0 spiro atoms. The Morgan fingerprint density at radius 3 is 2.88 bits per heavy atom. The molecule has 16 heavy (non-hydrogen) atoms. The first-order valence-corrected chi connectivity index (χ1v) is 6.12. The van der Waals surface area contributed by atoms with Gasteiger partial charge in [0, 0.05) is 0 Å². The Bertz CT molecular complexity index is 449. The number of hydrogen-bond acceptors (Lipinski definition) is 3. The molecule has 5 heteroatoms. The van der Waals surface area contributed by atoms with Crippen LogP contribution in [0.2, 0.25) is 0 Å². The summed E-state index contributed by atoms with van der Waals surface area (Å²) in [5, 5.41) is 8.03. The molecule has 84 valence electrons. The Hall–Kier alpha value is -1.23. The van der Waals surface area contributed by atoms with E-state index >= 15 is 0 Å². The van der Waals surface area contributed by atoms with Crippen molar-refractivity contribution in [3.63, 3.8) is 0 Å². The molecule has 0 fully saturated rings. The van der Waals surface area contributed by atoms with E-state index in [1.54, 1.807) is 6.20 Å². The predicted molar refractivity (Wildman–Crippen MR) is 65.5 cm³/mol. The van der Waals surface area contributed by atoms with Gasteiger partial charge >= 0.3 is 0 Å². The SMILES string of the molecule is CCCCc1cnnn1-c1ccc(Br)nc1. The summed E-state index contributed by atoms with van der Waals surface area (Å²) in [5.41, 5.74) is 2.08. The van der Waals surface area contributed by atoms with Crippen LogP contribution in [0.25, 0.3) is 5.69 Å². The number of unbranched alkanes of at least 4 members (excludes halogenated alkanes) is 1. The lowest BCUT2D eigenvalue weighted by atomic mass is 10.2. The summed E-state index contributed by atoms with van der Waals surface area (Å²) in [6.07, 6.45) is 6.92. The Balaban J connectivity index is 2.26. The lowest BCUT2D eigenvalue weighted by molar-refractivity contribution is 0.713. The maximum atomic E-state index is 4.18. The van der Waals surface area contributed by atoms with Gasteiger partial charge in [0.25, 0.3) is 0 Å². The topological polar surface area (TPSA) is 43.6 Å². The summed E-state index contributed by atoms with van der Waals surface area (Å²) in [6.45, 7) is 2.18. The lowest BCUT2D eigenvalue weighted by Gasteiger charge is -2.04. The first-order chi connectivity index (χ1) is 7.81. The van der Waals surface area contributed by atoms with Gasteiger partial charge in [-0.3, -0.25) is 0 Å². The zero-order valence-electron chi connectivity index (χ0n) is 9.10. The second kappa shape index (κ2) is 5.21. The molecule has 2 aromatic heterocycles. The van der Waals surface area contributed by atoms with Crippen LogP contribution in [-0.2, 0) is 6.42 Å². The lowest BCUT2D eigenvalue weighted by Crippen LogP contribution is -2.02. The first kappa shape index (κ1) is 11.3. The number of pyridine rings is 1. The van der Waals surface area contributed by atoms with E-state index in [0.717, 1.165) is 28.8 Å².